The number of ether oxygens (including phenoxy) is 2. The second kappa shape index (κ2) is 6.89. The van der Waals surface area contributed by atoms with Gasteiger partial charge < -0.3 is 18.3 Å². The highest BCUT2D eigenvalue weighted by atomic mass is 28.4. The highest BCUT2D eigenvalue weighted by Crippen LogP contribution is 2.42. The fourth-order valence-corrected chi connectivity index (χ4v) is 3.49. The van der Waals surface area contributed by atoms with Crippen molar-refractivity contribution in [2.24, 2.45) is 0 Å². The summed E-state index contributed by atoms with van der Waals surface area (Å²) in [4.78, 5) is 12.7. The average Bonchev–Trinajstić information content (AvgIpc) is 2.77. The molecule has 150 valence electrons. The second-order valence-electron chi connectivity index (χ2n) is 9.40. The lowest BCUT2D eigenvalue weighted by molar-refractivity contribution is 0.00698. The summed E-state index contributed by atoms with van der Waals surface area (Å²) >= 11 is 0. The Morgan fingerprint density at radius 1 is 1.04 bits per heavy atom. The minimum Gasteiger partial charge on any atom is -0.541 e. The van der Waals surface area contributed by atoms with Gasteiger partial charge in [0.2, 0.25) is 0 Å². The van der Waals surface area contributed by atoms with E-state index in [2.05, 4.69) is 33.9 Å². The van der Waals surface area contributed by atoms with Gasteiger partial charge in [-0.15, -0.1) is 0 Å². The summed E-state index contributed by atoms with van der Waals surface area (Å²) in [6, 6.07) is 3.61. The molecule has 0 saturated carbocycles. The van der Waals surface area contributed by atoms with Crippen LogP contribution in [0.1, 0.15) is 57.7 Å². The van der Waals surface area contributed by atoms with Crippen LogP contribution >= 0.6 is 0 Å². The number of rotatable bonds is 4. The summed E-state index contributed by atoms with van der Waals surface area (Å²) in [5.74, 6) is 1.34. The quantitative estimate of drug-likeness (QED) is 0.465. The molecule has 2 rings (SSSR count). The summed E-state index contributed by atoms with van der Waals surface area (Å²) in [6.45, 7) is 18.2. The Morgan fingerprint density at radius 2 is 1.63 bits per heavy atom. The zero-order chi connectivity index (χ0) is 20.8. The van der Waals surface area contributed by atoms with Crippen LogP contribution in [0.15, 0.2) is 16.5 Å². The lowest BCUT2D eigenvalue weighted by atomic mass is 10.1. The molecule has 0 N–H and O–H groups in total. The first-order chi connectivity index (χ1) is 12.2. The van der Waals surface area contributed by atoms with Gasteiger partial charge in [0.15, 0.2) is 5.75 Å². The molecule has 0 aliphatic carbocycles. The molecule has 0 radical (unpaired) electrons. The van der Waals surface area contributed by atoms with E-state index in [4.69, 9.17) is 18.3 Å². The molecule has 2 aromatic rings. The lowest BCUT2D eigenvalue weighted by Crippen LogP contribution is -2.43. The number of hydrogen-bond donors (Lipinski definition) is 0. The Kier molecular flexibility index (Phi) is 5.45. The van der Waals surface area contributed by atoms with E-state index < -0.39 is 19.9 Å². The molecule has 6 heteroatoms. The summed E-state index contributed by atoms with van der Waals surface area (Å²) in [7, 11) is -0.482. The van der Waals surface area contributed by atoms with Gasteiger partial charge in [-0.1, -0.05) is 20.8 Å². The van der Waals surface area contributed by atoms with Crippen LogP contribution in [0.25, 0.3) is 11.0 Å². The van der Waals surface area contributed by atoms with E-state index in [9.17, 15) is 4.79 Å². The Bertz CT molecular complexity index is 850. The van der Waals surface area contributed by atoms with Crippen molar-refractivity contribution >= 4 is 25.3 Å². The number of aryl methyl sites for hydroxylation is 1. The highest BCUT2D eigenvalue weighted by molar-refractivity contribution is 6.74. The van der Waals surface area contributed by atoms with Crippen LogP contribution in [-0.2, 0) is 4.74 Å². The maximum Gasteiger partial charge on any atom is 0.342 e. The first kappa shape index (κ1) is 21.3. The maximum atomic E-state index is 12.7. The average molecular weight is 393 g/mol. The molecule has 0 fully saturated rings. The Labute approximate surface area is 163 Å². The monoisotopic (exact) mass is 392 g/mol. The highest BCUT2D eigenvalue weighted by Gasteiger charge is 2.40. The fraction of sp³-hybridized carbons (Fsp3) is 0.571. The number of carbonyl (C=O) groups excluding carboxylic acids is 1. The van der Waals surface area contributed by atoms with Crippen molar-refractivity contribution in [3.63, 3.8) is 0 Å². The van der Waals surface area contributed by atoms with E-state index in [0.29, 0.717) is 33.8 Å². The minimum atomic E-state index is -2.08. The molecule has 1 aromatic carbocycles. The molecule has 0 aliphatic heterocycles. The molecule has 5 nitrogen and oxygen atoms in total. The largest absolute Gasteiger partial charge is 0.541 e. The molecular formula is C21H32O5Si. The van der Waals surface area contributed by atoms with E-state index >= 15 is 0 Å². The molecule has 0 aliphatic rings. The number of benzene rings is 1. The van der Waals surface area contributed by atoms with Gasteiger partial charge in [0.1, 0.15) is 28.3 Å². The minimum absolute atomic E-state index is 0.0350. The van der Waals surface area contributed by atoms with Crippen molar-refractivity contribution in [3.8, 4) is 11.5 Å². The molecular weight excluding hydrogens is 360 g/mol. The predicted molar refractivity (Wildman–Crippen MR) is 110 cm³/mol. The fourth-order valence-electron chi connectivity index (χ4n) is 2.48. The summed E-state index contributed by atoms with van der Waals surface area (Å²) < 4.78 is 23.3. The lowest BCUT2D eigenvalue weighted by Gasteiger charge is -2.36. The summed E-state index contributed by atoms with van der Waals surface area (Å²) in [5.41, 5.74) is 0.426. The van der Waals surface area contributed by atoms with Crippen molar-refractivity contribution in [1.29, 1.82) is 0 Å². The van der Waals surface area contributed by atoms with Crippen molar-refractivity contribution < 1.29 is 23.1 Å². The SMILES string of the molecule is COc1cc2oc(C)c(C(=O)OC(C)(C)C)c2cc1O[Si](C)(C)C(C)(C)C. The van der Waals surface area contributed by atoms with Crippen molar-refractivity contribution in [2.45, 2.75) is 72.2 Å². The molecule has 1 aromatic heterocycles. The van der Waals surface area contributed by atoms with Gasteiger partial charge in [-0.2, -0.15) is 0 Å². The van der Waals surface area contributed by atoms with Crippen molar-refractivity contribution in [2.75, 3.05) is 7.11 Å². The van der Waals surface area contributed by atoms with Crippen LogP contribution < -0.4 is 9.16 Å². The molecule has 1 heterocycles. The van der Waals surface area contributed by atoms with Crippen LogP contribution in [0, 0.1) is 6.92 Å². The van der Waals surface area contributed by atoms with E-state index in [-0.39, 0.29) is 5.04 Å². The smallest absolute Gasteiger partial charge is 0.342 e. The van der Waals surface area contributed by atoms with Gasteiger partial charge in [-0.05, 0) is 51.9 Å². The predicted octanol–water partition coefficient (Wildman–Crippen LogP) is 6.09. The van der Waals surface area contributed by atoms with Crippen LogP contribution in [-0.4, -0.2) is 27.0 Å². The molecule has 27 heavy (non-hydrogen) atoms. The Morgan fingerprint density at radius 3 is 2.11 bits per heavy atom. The van der Waals surface area contributed by atoms with E-state index in [1.54, 1.807) is 20.1 Å². The van der Waals surface area contributed by atoms with Crippen LogP contribution in [0.3, 0.4) is 0 Å². The zero-order valence-electron chi connectivity index (χ0n) is 18.2. The number of esters is 1. The third-order valence-corrected chi connectivity index (χ3v) is 9.27. The van der Waals surface area contributed by atoms with Crippen LogP contribution in [0.4, 0.5) is 0 Å². The first-order valence-electron chi connectivity index (χ1n) is 9.20. The molecule has 0 atom stereocenters. The van der Waals surface area contributed by atoms with E-state index in [1.165, 1.54) is 0 Å². The zero-order valence-corrected chi connectivity index (χ0v) is 19.2. The molecule has 0 spiro atoms. The summed E-state index contributed by atoms with van der Waals surface area (Å²) in [6.07, 6.45) is 0. The molecule has 0 bridgehead atoms. The third-order valence-electron chi connectivity index (χ3n) is 4.92. The maximum absolute atomic E-state index is 12.7. The van der Waals surface area contributed by atoms with Gasteiger partial charge >= 0.3 is 5.97 Å². The number of carbonyl (C=O) groups is 1. The van der Waals surface area contributed by atoms with Gasteiger partial charge in [0.25, 0.3) is 8.32 Å². The molecule has 0 saturated heterocycles. The third kappa shape index (κ3) is 4.49. The van der Waals surface area contributed by atoms with Gasteiger partial charge in [0, 0.05) is 11.5 Å². The number of furan rings is 1. The van der Waals surface area contributed by atoms with Crippen LogP contribution in [0.5, 0.6) is 11.5 Å². The van der Waals surface area contributed by atoms with Gasteiger partial charge in [-0.25, -0.2) is 4.79 Å². The van der Waals surface area contributed by atoms with Crippen molar-refractivity contribution in [1.82, 2.24) is 0 Å². The standard InChI is InChI=1S/C21H32O5Si/c1-13-18(19(22)25-20(2,3)4)14-11-17(16(23-8)12-15(14)24-13)26-27(9,10)21(5,6)7/h11-12H,1-10H3. The van der Waals surface area contributed by atoms with Crippen molar-refractivity contribution in [3.05, 3.63) is 23.5 Å². The number of hydrogen-bond acceptors (Lipinski definition) is 5. The number of fused-ring (bicyclic) bond motifs is 1. The normalized spacial score (nSPS) is 13.0. The first-order valence-corrected chi connectivity index (χ1v) is 12.1. The second-order valence-corrected chi connectivity index (χ2v) is 14.1. The number of methoxy groups -OCH3 is 1. The van der Waals surface area contributed by atoms with E-state index in [1.807, 2.05) is 26.8 Å². The topological polar surface area (TPSA) is 57.9 Å². The van der Waals surface area contributed by atoms with Gasteiger partial charge in [-0.3, -0.25) is 0 Å². The molecule has 0 unspecified atom stereocenters. The van der Waals surface area contributed by atoms with Gasteiger partial charge in [0.05, 0.1) is 7.11 Å². The van der Waals surface area contributed by atoms with Crippen LogP contribution in [0.2, 0.25) is 18.1 Å². The summed E-state index contributed by atoms with van der Waals surface area (Å²) in [5, 5.41) is 0.712. The van der Waals surface area contributed by atoms with E-state index in [0.717, 1.165) is 0 Å². The Balaban J connectivity index is 2.60. The Hall–Kier alpha value is -1.95. The molecule has 0 amide bonds.